The molecule has 1 fully saturated rings. The molecule has 0 saturated carbocycles. The zero-order valence-electron chi connectivity index (χ0n) is 15.9. The molecule has 2 aromatic rings. The van der Waals surface area contributed by atoms with Crippen LogP contribution >= 0.6 is 0 Å². The fraction of sp³-hybridized carbons (Fsp3) is 0.400. The van der Waals surface area contributed by atoms with Crippen molar-refractivity contribution in [3.63, 3.8) is 0 Å². The Hall–Kier alpha value is -2.64. The van der Waals surface area contributed by atoms with Crippen molar-refractivity contribution in [2.45, 2.75) is 13.1 Å². The van der Waals surface area contributed by atoms with Gasteiger partial charge in [-0.1, -0.05) is 30.3 Å². The van der Waals surface area contributed by atoms with Crippen molar-refractivity contribution in [3.05, 3.63) is 63.7 Å². The molecule has 3 rings (SSSR count). The molecule has 2 N–H and O–H groups in total. The van der Waals surface area contributed by atoms with Crippen molar-refractivity contribution in [3.8, 4) is 11.5 Å². The number of quaternary nitrogens is 2. The minimum Gasteiger partial charge on any atom is -0.493 e. The summed E-state index contributed by atoms with van der Waals surface area (Å²) in [7, 11) is 3.03. The summed E-state index contributed by atoms with van der Waals surface area (Å²) in [4.78, 5) is 14.1. The Kier molecular flexibility index (Phi) is 6.26. The summed E-state index contributed by atoms with van der Waals surface area (Å²) < 4.78 is 10.5. The molecule has 2 aromatic carbocycles. The van der Waals surface area contributed by atoms with E-state index in [-0.39, 0.29) is 10.6 Å². The van der Waals surface area contributed by atoms with E-state index in [1.807, 2.05) is 6.07 Å². The van der Waals surface area contributed by atoms with Crippen LogP contribution in [-0.4, -0.2) is 45.3 Å². The van der Waals surface area contributed by atoms with Crippen LogP contribution in [-0.2, 0) is 13.1 Å². The molecular weight excluding hydrogens is 346 g/mol. The van der Waals surface area contributed by atoms with Crippen LogP contribution in [0.5, 0.6) is 11.5 Å². The third kappa shape index (κ3) is 4.75. The summed E-state index contributed by atoms with van der Waals surface area (Å²) in [5.74, 6) is 0.922. The lowest BCUT2D eigenvalue weighted by molar-refractivity contribution is -1.02. The monoisotopic (exact) mass is 373 g/mol. The Morgan fingerprint density at radius 2 is 1.48 bits per heavy atom. The van der Waals surface area contributed by atoms with Gasteiger partial charge in [0.05, 0.1) is 30.8 Å². The number of hydrogen-bond donors (Lipinski definition) is 2. The van der Waals surface area contributed by atoms with Crippen LogP contribution in [0.4, 0.5) is 5.69 Å². The fourth-order valence-corrected chi connectivity index (χ4v) is 3.69. The van der Waals surface area contributed by atoms with Gasteiger partial charge in [0, 0.05) is 5.56 Å². The average Bonchev–Trinajstić information content (AvgIpc) is 2.69. The largest absolute Gasteiger partial charge is 0.493 e. The zero-order chi connectivity index (χ0) is 19.2. The topological polar surface area (TPSA) is 70.5 Å². The molecule has 0 aliphatic carbocycles. The summed E-state index contributed by atoms with van der Waals surface area (Å²) in [6.45, 7) is 5.76. The molecule has 0 atom stereocenters. The van der Waals surface area contributed by atoms with Gasteiger partial charge in [0.25, 0.3) is 5.69 Å². The average molecular weight is 373 g/mol. The van der Waals surface area contributed by atoms with Crippen LogP contribution < -0.4 is 19.3 Å². The Morgan fingerprint density at radius 3 is 2.04 bits per heavy atom. The molecule has 0 amide bonds. The molecule has 7 heteroatoms. The number of hydrogen-bond acceptors (Lipinski definition) is 4. The highest BCUT2D eigenvalue weighted by atomic mass is 16.6. The smallest absolute Gasteiger partial charge is 0.282 e. The van der Waals surface area contributed by atoms with E-state index < -0.39 is 0 Å². The normalized spacial score (nSPS) is 19.5. The van der Waals surface area contributed by atoms with Gasteiger partial charge in [-0.25, -0.2) is 0 Å². The Morgan fingerprint density at radius 1 is 0.926 bits per heavy atom. The van der Waals surface area contributed by atoms with Gasteiger partial charge in [0.1, 0.15) is 39.3 Å². The van der Waals surface area contributed by atoms with Crippen molar-refractivity contribution in [1.82, 2.24) is 0 Å². The summed E-state index contributed by atoms with van der Waals surface area (Å²) >= 11 is 0. The van der Waals surface area contributed by atoms with Crippen molar-refractivity contribution in [1.29, 1.82) is 0 Å². The fourth-order valence-electron chi connectivity index (χ4n) is 3.69. The van der Waals surface area contributed by atoms with E-state index in [0.29, 0.717) is 23.6 Å². The lowest BCUT2D eigenvalue weighted by Crippen LogP contribution is -3.27. The highest BCUT2D eigenvalue weighted by molar-refractivity contribution is 5.54. The third-order valence-electron chi connectivity index (χ3n) is 5.18. The standard InChI is InChI=1S/C20H25N3O4/c1-26-19-12-17(18(23(24)25)13-20(19)27-2)15-22-10-8-21(9-11-22)14-16-6-4-3-5-7-16/h3-7,12-13H,8-11,14-15H2,1-2H3/p+2. The highest BCUT2D eigenvalue weighted by Gasteiger charge is 2.27. The molecule has 27 heavy (non-hydrogen) atoms. The summed E-state index contributed by atoms with van der Waals surface area (Å²) in [5.41, 5.74) is 2.14. The maximum Gasteiger partial charge on any atom is 0.282 e. The van der Waals surface area contributed by atoms with Crippen LogP contribution in [0.1, 0.15) is 11.1 Å². The molecule has 1 aliphatic heterocycles. The van der Waals surface area contributed by atoms with Crippen LogP contribution in [0, 0.1) is 10.1 Å². The lowest BCUT2D eigenvalue weighted by Gasteiger charge is -2.29. The first-order valence-electron chi connectivity index (χ1n) is 9.21. The van der Waals surface area contributed by atoms with E-state index in [9.17, 15) is 10.1 Å². The van der Waals surface area contributed by atoms with Crippen molar-refractivity contribution in [2.24, 2.45) is 0 Å². The Bertz CT molecular complexity index is 774. The van der Waals surface area contributed by atoms with E-state index in [2.05, 4.69) is 24.3 Å². The number of piperazine rings is 1. The van der Waals surface area contributed by atoms with Crippen molar-refractivity contribution in [2.75, 3.05) is 40.4 Å². The van der Waals surface area contributed by atoms with E-state index in [1.54, 1.807) is 18.1 Å². The quantitative estimate of drug-likeness (QED) is 0.533. The SMILES string of the molecule is COc1cc(C[NH+]2CC[NH+](Cc3ccccc3)CC2)c([N+](=O)[O-])cc1OC. The van der Waals surface area contributed by atoms with E-state index in [4.69, 9.17) is 9.47 Å². The number of nitrogens with one attached hydrogen (secondary N) is 2. The second kappa shape index (κ2) is 8.83. The zero-order valence-corrected chi connectivity index (χ0v) is 15.9. The van der Waals surface area contributed by atoms with Gasteiger partial charge in [0.15, 0.2) is 11.5 Å². The first kappa shape index (κ1) is 19.1. The molecule has 1 heterocycles. The van der Waals surface area contributed by atoms with Crippen LogP contribution in [0.15, 0.2) is 42.5 Å². The van der Waals surface area contributed by atoms with Crippen molar-refractivity contribution >= 4 is 5.69 Å². The molecular formula is C20H27N3O4+2. The lowest BCUT2D eigenvalue weighted by atomic mass is 10.1. The minimum absolute atomic E-state index is 0.0965. The van der Waals surface area contributed by atoms with Crippen molar-refractivity contribution < 1.29 is 24.2 Å². The summed E-state index contributed by atoms with van der Waals surface area (Å²) in [5, 5.41) is 11.5. The maximum atomic E-state index is 11.5. The molecule has 144 valence electrons. The van der Waals surface area contributed by atoms with Crippen LogP contribution in [0.2, 0.25) is 0 Å². The molecule has 1 aliphatic rings. The Balaban J connectivity index is 1.65. The minimum atomic E-state index is -0.340. The second-order valence-electron chi connectivity index (χ2n) is 6.93. The number of benzene rings is 2. The highest BCUT2D eigenvalue weighted by Crippen LogP contribution is 2.34. The van der Waals surface area contributed by atoms with Gasteiger partial charge >= 0.3 is 0 Å². The molecule has 7 nitrogen and oxygen atoms in total. The number of nitro benzene ring substituents is 1. The van der Waals surface area contributed by atoms with Gasteiger partial charge in [-0.2, -0.15) is 0 Å². The Labute approximate surface area is 159 Å². The molecule has 0 unspecified atom stereocenters. The number of ether oxygens (including phenoxy) is 2. The van der Waals surface area contributed by atoms with E-state index in [1.165, 1.54) is 23.6 Å². The maximum absolute atomic E-state index is 11.5. The van der Waals surface area contributed by atoms with Gasteiger partial charge in [-0.15, -0.1) is 0 Å². The molecule has 0 aromatic heterocycles. The molecule has 0 spiro atoms. The van der Waals surface area contributed by atoms with Gasteiger partial charge < -0.3 is 19.3 Å². The van der Waals surface area contributed by atoms with Crippen LogP contribution in [0.3, 0.4) is 0 Å². The third-order valence-corrected chi connectivity index (χ3v) is 5.18. The molecule has 0 bridgehead atoms. The summed E-state index contributed by atoms with van der Waals surface area (Å²) in [6, 6.07) is 13.7. The first-order chi connectivity index (χ1) is 13.1. The number of methoxy groups -OCH3 is 2. The summed E-state index contributed by atoms with van der Waals surface area (Å²) in [6.07, 6.45) is 0. The van der Waals surface area contributed by atoms with Crippen LogP contribution in [0.25, 0.3) is 0 Å². The second-order valence-corrected chi connectivity index (χ2v) is 6.93. The van der Waals surface area contributed by atoms with E-state index in [0.717, 1.165) is 32.7 Å². The molecule has 1 saturated heterocycles. The number of rotatable bonds is 7. The predicted molar refractivity (Wildman–Crippen MR) is 101 cm³/mol. The molecule has 0 radical (unpaired) electrons. The van der Waals surface area contributed by atoms with Gasteiger partial charge in [-0.05, 0) is 6.07 Å². The number of nitrogens with zero attached hydrogens (tertiary/aromatic N) is 1. The van der Waals surface area contributed by atoms with Gasteiger partial charge in [0.2, 0.25) is 0 Å². The van der Waals surface area contributed by atoms with E-state index >= 15 is 0 Å². The van der Waals surface area contributed by atoms with Gasteiger partial charge in [-0.3, -0.25) is 10.1 Å². The predicted octanol–water partition coefficient (Wildman–Crippen LogP) is 0.0956. The number of nitro groups is 1. The first-order valence-corrected chi connectivity index (χ1v) is 9.21.